The van der Waals surface area contributed by atoms with Gasteiger partial charge in [-0.1, -0.05) is 6.07 Å². The lowest BCUT2D eigenvalue weighted by atomic mass is 10.1. The molecule has 0 aliphatic rings. The molecule has 0 atom stereocenters. The predicted molar refractivity (Wildman–Crippen MR) is 82.9 cm³/mol. The summed E-state index contributed by atoms with van der Waals surface area (Å²) in [5.74, 6) is -0.0819. The van der Waals surface area contributed by atoms with Crippen LogP contribution in [0.3, 0.4) is 0 Å². The first-order valence-corrected chi connectivity index (χ1v) is 6.48. The molecule has 0 saturated carbocycles. The summed E-state index contributed by atoms with van der Waals surface area (Å²) in [6.07, 6.45) is 0. The number of benzene rings is 2. The van der Waals surface area contributed by atoms with Crippen molar-refractivity contribution < 1.29 is 14.6 Å². The molecule has 0 saturated heterocycles. The van der Waals surface area contributed by atoms with E-state index in [1.54, 1.807) is 12.1 Å². The first-order chi connectivity index (χ1) is 9.93. The second kappa shape index (κ2) is 5.75. The van der Waals surface area contributed by atoms with Crippen molar-refractivity contribution in [3.05, 3.63) is 47.0 Å². The number of aromatic hydroxyl groups is 1. The predicted octanol–water partition coefficient (Wildman–Crippen LogP) is 2.85. The van der Waals surface area contributed by atoms with Gasteiger partial charge in [-0.15, -0.1) is 0 Å². The lowest BCUT2D eigenvalue weighted by Gasteiger charge is -2.14. The Balaban J connectivity index is 2.33. The molecule has 0 aromatic heterocycles. The van der Waals surface area contributed by atoms with Gasteiger partial charge >= 0.3 is 0 Å². The summed E-state index contributed by atoms with van der Waals surface area (Å²) in [5, 5.41) is 12.6. The van der Waals surface area contributed by atoms with Crippen LogP contribution in [0.5, 0.6) is 11.5 Å². The molecule has 0 aliphatic heterocycles. The molecule has 0 spiro atoms. The van der Waals surface area contributed by atoms with Crippen LogP contribution in [0.15, 0.2) is 30.3 Å². The average Bonchev–Trinajstić information content (AvgIpc) is 2.47. The highest BCUT2D eigenvalue weighted by atomic mass is 16.5. The van der Waals surface area contributed by atoms with E-state index in [2.05, 4.69) is 5.32 Å². The lowest BCUT2D eigenvalue weighted by Crippen LogP contribution is -2.15. The topological polar surface area (TPSA) is 84.6 Å². The molecule has 5 heteroatoms. The van der Waals surface area contributed by atoms with E-state index in [1.807, 2.05) is 19.9 Å². The zero-order valence-electron chi connectivity index (χ0n) is 12.2. The Morgan fingerprint density at radius 1 is 1.24 bits per heavy atom. The minimum atomic E-state index is -0.421. The van der Waals surface area contributed by atoms with E-state index in [-0.39, 0.29) is 11.3 Å². The molecule has 0 radical (unpaired) electrons. The van der Waals surface area contributed by atoms with Crippen LogP contribution in [0, 0.1) is 13.8 Å². The number of carbonyl (C=O) groups excluding carboxylic acids is 1. The van der Waals surface area contributed by atoms with Crippen molar-refractivity contribution in [2.45, 2.75) is 13.8 Å². The van der Waals surface area contributed by atoms with Gasteiger partial charge in [0.15, 0.2) is 0 Å². The molecule has 5 nitrogen and oxygen atoms in total. The van der Waals surface area contributed by atoms with E-state index in [9.17, 15) is 9.90 Å². The van der Waals surface area contributed by atoms with Crippen molar-refractivity contribution in [2.75, 3.05) is 18.2 Å². The number of aryl methyl sites for hydroxylation is 1. The normalized spacial score (nSPS) is 10.2. The number of carbonyl (C=O) groups is 1. The Kier molecular flexibility index (Phi) is 4.03. The summed E-state index contributed by atoms with van der Waals surface area (Å²) in [7, 11) is 1.49. The van der Waals surface area contributed by atoms with Gasteiger partial charge in [-0.2, -0.15) is 0 Å². The van der Waals surface area contributed by atoms with Gasteiger partial charge in [0, 0.05) is 6.07 Å². The van der Waals surface area contributed by atoms with E-state index in [1.165, 1.54) is 19.2 Å². The Hall–Kier alpha value is -2.69. The quantitative estimate of drug-likeness (QED) is 0.757. The maximum Gasteiger partial charge on any atom is 0.259 e. The molecule has 0 aliphatic carbocycles. The van der Waals surface area contributed by atoms with Crippen LogP contribution in [-0.4, -0.2) is 18.1 Å². The van der Waals surface area contributed by atoms with Crippen LogP contribution in [0.2, 0.25) is 0 Å². The van der Waals surface area contributed by atoms with E-state index in [4.69, 9.17) is 10.5 Å². The largest absolute Gasteiger partial charge is 0.507 e. The Morgan fingerprint density at radius 3 is 2.57 bits per heavy atom. The van der Waals surface area contributed by atoms with Crippen LogP contribution >= 0.6 is 0 Å². The highest BCUT2D eigenvalue weighted by Crippen LogP contribution is 2.28. The van der Waals surface area contributed by atoms with Crippen molar-refractivity contribution >= 4 is 17.3 Å². The number of hydrogen-bond donors (Lipinski definition) is 3. The molecule has 0 bridgehead atoms. The van der Waals surface area contributed by atoms with Gasteiger partial charge in [-0.25, -0.2) is 0 Å². The molecule has 2 rings (SSSR count). The molecule has 1 amide bonds. The standard InChI is InChI=1S/C16H18N2O3/c1-9-4-7-13(17)15(10(9)2)18-16(20)12-6-5-11(21-3)8-14(12)19/h4-8,19H,17H2,1-3H3,(H,18,20). The third-order valence-corrected chi connectivity index (χ3v) is 3.46. The highest BCUT2D eigenvalue weighted by Gasteiger charge is 2.15. The second-order valence-electron chi connectivity index (χ2n) is 4.81. The van der Waals surface area contributed by atoms with Crippen LogP contribution in [0.1, 0.15) is 21.5 Å². The lowest BCUT2D eigenvalue weighted by molar-refractivity contribution is 0.102. The summed E-state index contributed by atoms with van der Waals surface area (Å²) < 4.78 is 4.99. The van der Waals surface area contributed by atoms with Gasteiger partial charge in [0.1, 0.15) is 11.5 Å². The number of methoxy groups -OCH3 is 1. The molecular weight excluding hydrogens is 268 g/mol. The number of phenols is 1. The van der Waals surface area contributed by atoms with Crippen molar-refractivity contribution in [1.29, 1.82) is 0 Å². The summed E-state index contributed by atoms with van der Waals surface area (Å²) in [5.41, 5.74) is 9.04. The zero-order valence-corrected chi connectivity index (χ0v) is 12.2. The molecule has 0 heterocycles. The van der Waals surface area contributed by atoms with E-state index in [0.717, 1.165) is 11.1 Å². The number of nitrogen functional groups attached to an aromatic ring is 1. The van der Waals surface area contributed by atoms with Crippen molar-refractivity contribution in [3.63, 3.8) is 0 Å². The fourth-order valence-corrected chi connectivity index (χ4v) is 2.01. The third-order valence-electron chi connectivity index (χ3n) is 3.46. The summed E-state index contributed by atoms with van der Waals surface area (Å²) in [6, 6.07) is 8.14. The molecule has 2 aromatic carbocycles. The summed E-state index contributed by atoms with van der Waals surface area (Å²) in [4.78, 5) is 12.3. The fourth-order valence-electron chi connectivity index (χ4n) is 2.01. The molecule has 0 fully saturated rings. The number of hydrogen-bond acceptors (Lipinski definition) is 4. The number of nitrogens with two attached hydrogens (primary N) is 1. The Labute approximate surface area is 123 Å². The van der Waals surface area contributed by atoms with Gasteiger partial charge in [0.2, 0.25) is 0 Å². The molecule has 110 valence electrons. The molecule has 21 heavy (non-hydrogen) atoms. The first-order valence-electron chi connectivity index (χ1n) is 6.48. The van der Waals surface area contributed by atoms with Crippen LogP contribution in [0.25, 0.3) is 0 Å². The number of anilines is 2. The monoisotopic (exact) mass is 286 g/mol. The smallest absolute Gasteiger partial charge is 0.259 e. The van der Waals surface area contributed by atoms with Crippen molar-refractivity contribution in [3.8, 4) is 11.5 Å². The minimum Gasteiger partial charge on any atom is -0.507 e. The average molecular weight is 286 g/mol. The van der Waals surface area contributed by atoms with Gasteiger partial charge in [0.25, 0.3) is 5.91 Å². The first kappa shape index (κ1) is 14.7. The number of ether oxygens (including phenoxy) is 1. The minimum absolute atomic E-state index is 0.143. The van der Waals surface area contributed by atoms with Gasteiger partial charge < -0.3 is 20.9 Å². The van der Waals surface area contributed by atoms with E-state index in [0.29, 0.717) is 17.1 Å². The maximum atomic E-state index is 12.3. The van der Waals surface area contributed by atoms with E-state index < -0.39 is 5.91 Å². The molecule has 4 N–H and O–H groups in total. The zero-order chi connectivity index (χ0) is 15.6. The Morgan fingerprint density at radius 2 is 1.95 bits per heavy atom. The van der Waals surface area contributed by atoms with Gasteiger partial charge in [0.05, 0.1) is 24.0 Å². The van der Waals surface area contributed by atoms with E-state index >= 15 is 0 Å². The van der Waals surface area contributed by atoms with Crippen LogP contribution in [-0.2, 0) is 0 Å². The van der Waals surface area contributed by atoms with Crippen molar-refractivity contribution in [1.82, 2.24) is 0 Å². The second-order valence-corrected chi connectivity index (χ2v) is 4.81. The molecule has 0 unspecified atom stereocenters. The number of nitrogens with one attached hydrogen (secondary N) is 1. The van der Waals surface area contributed by atoms with Gasteiger partial charge in [-0.3, -0.25) is 4.79 Å². The summed E-state index contributed by atoms with van der Waals surface area (Å²) >= 11 is 0. The third kappa shape index (κ3) is 2.91. The number of rotatable bonds is 3. The van der Waals surface area contributed by atoms with Crippen LogP contribution < -0.4 is 15.8 Å². The Bertz CT molecular complexity index is 696. The van der Waals surface area contributed by atoms with Crippen molar-refractivity contribution in [2.24, 2.45) is 0 Å². The summed E-state index contributed by atoms with van der Waals surface area (Å²) in [6.45, 7) is 3.82. The number of amides is 1. The van der Waals surface area contributed by atoms with Crippen LogP contribution in [0.4, 0.5) is 11.4 Å². The fraction of sp³-hybridized carbons (Fsp3) is 0.188. The molecular formula is C16H18N2O3. The molecule has 2 aromatic rings. The highest BCUT2D eigenvalue weighted by molar-refractivity contribution is 6.08. The maximum absolute atomic E-state index is 12.3. The number of phenolic OH excluding ortho intramolecular Hbond substituents is 1. The SMILES string of the molecule is COc1ccc(C(=O)Nc2c(N)ccc(C)c2C)c(O)c1. The van der Waals surface area contributed by atoms with Gasteiger partial charge in [-0.05, 0) is 43.2 Å².